The fourth-order valence-electron chi connectivity index (χ4n) is 4.62. The molecule has 0 aliphatic carbocycles. The Morgan fingerprint density at radius 3 is 2.74 bits per heavy atom. The van der Waals surface area contributed by atoms with Crippen LogP contribution in [0.1, 0.15) is 24.4 Å². The van der Waals surface area contributed by atoms with Gasteiger partial charge in [0.15, 0.2) is 17.5 Å². The summed E-state index contributed by atoms with van der Waals surface area (Å²) < 4.78 is 3.18. The van der Waals surface area contributed by atoms with Crippen LogP contribution in [-0.4, -0.2) is 45.9 Å². The maximum absolute atomic E-state index is 14.0. The number of para-hydroxylation sites is 1. The lowest BCUT2D eigenvalue weighted by Crippen LogP contribution is -2.51. The molecule has 172 valence electrons. The maximum Gasteiger partial charge on any atom is 0.283 e. The highest BCUT2D eigenvalue weighted by molar-refractivity contribution is 5.76. The molecule has 1 aliphatic rings. The lowest BCUT2D eigenvalue weighted by Gasteiger charge is -2.47. The van der Waals surface area contributed by atoms with Crippen molar-refractivity contribution in [2.24, 2.45) is 5.92 Å². The molecule has 35 heavy (non-hydrogen) atoms. The van der Waals surface area contributed by atoms with Gasteiger partial charge in [0.25, 0.3) is 5.56 Å². The van der Waals surface area contributed by atoms with Gasteiger partial charge in [0, 0.05) is 18.7 Å². The van der Waals surface area contributed by atoms with Crippen LogP contribution in [0.4, 0.5) is 11.8 Å². The van der Waals surface area contributed by atoms with Crippen LogP contribution in [0.15, 0.2) is 59.9 Å². The predicted octanol–water partition coefficient (Wildman–Crippen LogP) is 1.71. The Bertz CT molecular complexity index is 1650. The monoisotopic (exact) mass is 465 g/mol. The number of nitrogens with zero attached hydrogens (tertiary/aromatic N) is 9. The third-order valence-electron chi connectivity index (χ3n) is 6.20. The van der Waals surface area contributed by atoms with Crippen LogP contribution < -0.4 is 16.2 Å². The summed E-state index contributed by atoms with van der Waals surface area (Å²) in [5, 5.41) is 21.2. The topological polar surface area (TPSA) is 160 Å². The van der Waals surface area contributed by atoms with Crippen molar-refractivity contribution in [3.63, 3.8) is 0 Å². The maximum atomic E-state index is 14.0. The van der Waals surface area contributed by atoms with Crippen LogP contribution in [0, 0.1) is 17.2 Å². The Balaban J connectivity index is 1.60. The number of fused-ring (bicyclic) bond motifs is 1. The first-order chi connectivity index (χ1) is 17.1. The number of benzene rings is 1. The summed E-state index contributed by atoms with van der Waals surface area (Å²) in [6.45, 7) is 2.69. The van der Waals surface area contributed by atoms with Gasteiger partial charge >= 0.3 is 0 Å². The van der Waals surface area contributed by atoms with Gasteiger partial charge < -0.3 is 10.6 Å². The van der Waals surface area contributed by atoms with Crippen molar-refractivity contribution in [3.05, 3.63) is 76.9 Å². The highest BCUT2D eigenvalue weighted by atomic mass is 16.1. The van der Waals surface area contributed by atoms with E-state index in [1.165, 1.54) is 12.5 Å². The summed E-state index contributed by atoms with van der Waals surface area (Å²) in [5.74, 6) is 1.62. The van der Waals surface area contributed by atoms with Crippen LogP contribution in [0.5, 0.6) is 0 Å². The second-order valence-electron chi connectivity index (χ2n) is 8.34. The number of nitriles is 1. The van der Waals surface area contributed by atoms with Crippen molar-refractivity contribution in [2.45, 2.75) is 13.0 Å². The molecule has 6 rings (SSSR count). The molecule has 0 amide bonds. The smallest absolute Gasteiger partial charge is 0.283 e. The molecule has 5 aromatic rings. The molecule has 1 fully saturated rings. The van der Waals surface area contributed by atoms with Gasteiger partial charge in [-0.1, -0.05) is 25.1 Å². The van der Waals surface area contributed by atoms with E-state index in [0.29, 0.717) is 46.3 Å². The van der Waals surface area contributed by atoms with Crippen LogP contribution in [-0.2, 0) is 0 Å². The number of nitrogen functional groups attached to an aromatic ring is 1. The summed E-state index contributed by atoms with van der Waals surface area (Å²) >= 11 is 0. The fourth-order valence-corrected chi connectivity index (χ4v) is 4.62. The van der Waals surface area contributed by atoms with Gasteiger partial charge in [0.2, 0.25) is 5.95 Å². The Morgan fingerprint density at radius 2 is 2.03 bits per heavy atom. The van der Waals surface area contributed by atoms with Crippen molar-refractivity contribution >= 4 is 17.3 Å². The van der Waals surface area contributed by atoms with Gasteiger partial charge in [-0.2, -0.15) is 20.4 Å². The Morgan fingerprint density at radius 1 is 1.20 bits per heavy atom. The summed E-state index contributed by atoms with van der Waals surface area (Å²) in [6.07, 6.45) is 4.53. The molecule has 1 aromatic carbocycles. The van der Waals surface area contributed by atoms with Crippen LogP contribution in [0.3, 0.4) is 0 Å². The molecule has 5 heterocycles. The molecule has 3 N–H and O–H groups in total. The summed E-state index contributed by atoms with van der Waals surface area (Å²) in [7, 11) is 0. The predicted molar refractivity (Wildman–Crippen MR) is 127 cm³/mol. The summed E-state index contributed by atoms with van der Waals surface area (Å²) in [5.41, 5.74) is 7.54. The van der Waals surface area contributed by atoms with Crippen molar-refractivity contribution in [2.75, 3.05) is 17.2 Å². The first-order valence-corrected chi connectivity index (χ1v) is 10.9. The average molecular weight is 465 g/mol. The Labute approximate surface area is 198 Å². The molecular formula is C23H19N11O. The molecule has 0 bridgehead atoms. The number of hydrogen-bond acceptors (Lipinski definition) is 9. The second-order valence-corrected chi connectivity index (χ2v) is 8.34. The van der Waals surface area contributed by atoms with Crippen LogP contribution in [0.2, 0.25) is 0 Å². The van der Waals surface area contributed by atoms with E-state index in [1.807, 2.05) is 35.2 Å². The molecule has 1 saturated heterocycles. The van der Waals surface area contributed by atoms with E-state index in [2.05, 4.69) is 38.1 Å². The molecule has 0 saturated carbocycles. The van der Waals surface area contributed by atoms with E-state index in [9.17, 15) is 10.1 Å². The second kappa shape index (κ2) is 7.77. The molecular weight excluding hydrogens is 446 g/mol. The number of anilines is 2. The van der Waals surface area contributed by atoms with E-state index in [1.54, 1.807) is 21.3 Å². The number of aromatic amines is 1. The van der Waals surface area contributed by atoms with Crippen molar-refractivity contribution in [1.82, 2.24) is 39.3 Å². The fraction of sp³-hybridized carbons (Fsp3) is 0.174. The van der Waals surface area contributed by atoms with Crippen LogP contribution >= 0.6 is 0 Å². The van der Waals surface area contributed by atoms with Crippen molar-refractivity contribution < 1.29 is 0 Å². The first kappa shape index (κ1) is 20.5. The van der Waals surface area contributed by atoms with E-state index in [4.69, 9.17) is 10.8 Å². The number of aromatic nitrogens is 8. The number of rotatable bonds is 4. The third-order valence-corrected chi connectivity index (χ3v) is 6.20. The number of nitrogens with two attached hydrogens (primary N) is 1. The normalized spacial score (nSPS) is 17.3. The summed E-state index contributed by atoms with van der Waals surface area (Å²) in [6, 6.07) is 12.9. The number of hydrogen-bond donors (Lipinski definition) is 2. The highest BCUT2D eigenvalue weighted by Gasteiger charge is 2.42. The minimum atomic E-state index is -0.329. The SMILES string of the molecule is C[C@H]1CN(c2nc(N)ncc2C#N)[C@@H]1c1nn2ccc(-c3ncn[nH]3)c2c(=O)n1-c1ccccc1. The van der Waals surface area contributed by atoms with E-state index < -0.39 is 0 Å². The Kier molecular flexibility index (Phi) is 4.56. The zero-order valence-electron chi connectivity index (χ0n) is 18.6. The third kappa shape index (κ3) is 3.13. The van der Waals surface area contributed by atoms with E-state index in [-0.39, 0.29) is 23.5 Å². The molecule has 2 atom stereocenters. The quantitative estimate of drug-likeness (QED) is 0.403. The van der Waals surface area contributed by atoms with Crippen molar-refractivity contribution in [3.8, 4) is 23.1 Å². The Hall–Kier alpha value is -5.05. The molecule has 0 spiro atoms. The van der Waals surface area contributed by atoms with Crippen molar-refractivity contribution in [1.29, 1.82) is 5.26 Å². The molecule has 4 aromatic heterocycles. The zero-order valence-corrected chi connectivity index (χ0v) is 18.6. The molecule has 12 heteroatoms. The molecule has 1 aliphatic heterocycles. The lowest BCUT2D eigenvalue weighted by molar-refractivity contribution is 0.300. The van der Waals surface area contributed by atoms with Gasteiger partial charge in [-0.05, 0) is 18.2 Å². The molecule has 0 radical (unpaired) electrons. The molecule has 12 nitrogen and oxygen atoms in total. The minimum Gasteiger partial charge on any atom is -0.368 e. The van der Waals surface area contributed by atoms with Gasteiger partial charge in [0.1, 0.15) is 23.5 Å². The molecule has 0 unspecified atom stereocenters. The first-order valence-electron chi connectivity index (χ1n) is 10.9. The van der Waals surface area contributed by atoms with Crippen LogP contribution in [0.25, 0.3) is 22.6 Å². The zero-order chi connectivity index (χ0) is 24.1. The summed E-state index contributed by atoms with van der Waals surface area (Å²) in [4.78, 5) is 28.4. The van der Waals surface area contributed by atoms with Gasteiger partial charge in [0.05, 0.1) is 23.5 Å². The standard InChI is InChI=1S/C23H19N11O/c1-13-11-32(20-14(9-24)10-26-23(25)29-20)17(13)21-31-33-8-7-16(19-27-12-28-30-19)18(33)22(35)34(21)15-5-3-2-4-6-15/h2-8,10,12-13,17H,11H2,1H3,(H2,25,26,29)(H,27,28,30)/t13-,17-/m0/s1. The number of nitrogens with one attached hydrogen (secondary N) is 1. The highest BCUT2D eigenvalue weighted by Crippen LogP contribution is 2.42. The van der Waals surface area contributed by atoms with E-state index in [0.717, 1.165) is 0 Å². The largest absolute Gasteiger partial charge is 0.368 e. The van der Waals surface area contributed by atoms with E-state index >= 15 is 0 Å². The number of H-pyrrole nitrogens is 1. The average Bonchev–Trinajstić information content (AvgIpc) is 3.53. The lowest BCUT2D eigenvalue weighted by atomic mass is 9.89. The van der Waals surface area contributed by atoms with Gasteiger partial charge in [-0.25, -0.2) is 14.5 Å². The van der Waals surface area contributed by atoms with Gasteiger partial charge in [-0.15, -0.1) is 0 Å². The minimum absolute atomic E-state index is 0.0725. The van der Waals surface area contributed by atoms with Gasteiger partial charge in [-0.3, -0.25) is 14.5 Å².